The zero-order valence-corrected chi connectivity index (χ0v) is 11.2. The average molecular weight is 235 g/mol. The summed E-state index contributed by atoms with van der Waals surface area (Å²) < 4.78 is 2.13. The molecule has 1 aliphatic carbocycles. The van der Waals surface area contributed by atoms with Crippen LogP contribution in [0.5, 0.6) is 0 Å². The lowest BCUT2D eigenvalue weighted by molar-refractivity contribution is 0.422. The highest BCUT2D eigenvalue weighted by Gasteiger charge is 2.30. The molecule has 0 radical (unpaired) electrons. The van der Waals surface area contributed by atoms with Gasteiger partial charge in [0.1, 0.15) is 5.82 Å². The minimum Gasteiger partial charge on any atom is -0.338 e. The lowest BCUT2D eigenvalue weighted by Crippen LogP contribution is -2.31. The van der Waals surface area contributed by atoms with Gasteiger partial charge < -0.3 is 9.88 Å². The van der Waals surface area contributed by atoms with E-state index < -0.39 is 0 Å². The zero-order chi connectivity index (χ0) is 12.1. The Kier molecular flexibility index (Phi) is 4.60. The molecule has 1 unspecified atom stereocenters. The van der Waals surface area contributed by atoms with Gasteiger partial charge in [-0.05, 0) is 44.6 Å². The van der Waals surface area contributed by atoms with Crippen molar-refractivity contribution < 1.29 is 0 Å². The Morgan fingerprint density at radius 3 is 2.94 bits per heavy atom. The van der Waals surface area contributed by atoms with Gasteiger partial charge in [-0.3, -0.25) is 0 Å². The van der Waals surface area contributed by atoms with Crippen molar-refractivity contribution >= 4 is 0 Å². The highest BCUT2D eigenvalue weighted by atomic mass is 15.0. The smallest absolute Gasteiger partial charge is 0.108 e. The summed E-state index contributed by atoms with van der Waals surface area (Å²) in [5.41, 5.74) is 0. The van der Waals surface area contributed by atoms with Crippen LogP contribution < -0.4 is 5.32 Å². The molecule has 17 heavy (non-hydrogen) atoms. The highest BCUT2D eigenvalue weighted by molar-refractivity contribution is 4.92. The Morgan fingerprint density at radius 2 is 2.35 bits per heavy atom. The van der Waals surface area contributed by atoms with Crippen LogP contribution in [0, 0.1) is 5.92 Å². The Morgan fingerprint density at radius 1 is 1.53 bits per heavy atom. The Balaban J connectivity index is 1.70. The van der Waals surface area contributed by atoms with Crippen LogP contribution in [-0.2, 0) is 13.5 Å². The molecule has 0 saturated heterocycles. The summed E-state index contributed by atoms with van der Waals surface area (Å²) in [6, 6.07) is 0.759. The Hall–Kier alpha value is -0.830. The Labute approximate surface area is 105 Å². The third-order valence-corrected chi connectivity index (χ3v) is 3.68. The van der Waals surface area contributed by atoms with Crippen LogP contribution in [-0.4, -0.2) is 22.1 Å². The molecule has 0 spiro atoms. The maximum absolute atomic E-state index is 4.38. The van der Waals surface area contributed by atoms with Gasteiger partial charge in [-0.15, -0.1) is 0 Å². The standard InChI is InChI=1S/C14H25N3/c1-3-9-15-13(12-7-8-12)5-4-6-14-16-10-11-17(14)2/h10-13,15H,3-9H2,1-2H3. The molecule has 0 bridgehead atoms. The fraction of sp³-hybridized carbons (Fsp3) is 0.786. The molecule has 1 aliphatic rings. The SMILES string of the molecule is CCCNC(CCCc1nccn1C)C1CC1. The molecular formula is C14H25N3. The lowest BCUT2D eigenvalue weighted by Gasteiger charge is -2.17. The first-order valence-corrected chi connectivity index (χ1v) is 7.01. The van der Waals surface area contributed by atoms with Crippen LogP contribution in [0.2, 0.25) is 0 Å². The zero-order valence-electron chi connectivity index (χ0n) is 11.2. The van der Waals surface area contributed by atoms with Crippen molar-refractivity contribution in [3.05, 3.63) is 18.2 Å². The van der Waals surface area contributed by atoms with E-state index in [4.69, 9.17) is 0 Å². The van der Waals surface area contributed by atoms with E-state index in [0.717, 1.165) is 18.4 Å². The van der Waals surface area contributed by atoms with Crippen molar-refractivity contribution in [3.63, 3.8) is 0 Å². The van der Waals surface area contributed by atoms with E-state index >= 15 is 0 Å². The molecule has 1 N–H and O–H groups in total. The fourth-order valence-electron chi connectivity index (χ4n) is 2.45. The van der Waals surface area contributed by atoms with Crippen LogP contribution >= 0.6 is 0 Å². The monoisotopic (exact) mass is 235 g/mol. The quantitative estimate of drug-likeness (QED) is 0.750. The molecule has 0 amide bonds. The maximum atomic E-state index is 4.38. The van der Waals surface area contributed by atoms with Gasteiger partial charge in [0.25, 0.3) is 0 Å². The predicted octanol–water partition coefficient (Wildman–Crippen LogP) is 2.52. The van der Waals surface area contributed by atoms with Gasteiger partial charge in [0.05, 0.1) is 0 Å². The van der Waals surface area contributed by atoms with Gasteiger partial charge in [-0.2, -0.15) is 0 Å². The van der Waals surface area contributed by atoms with Crippen LogP contribution in [0.15, 0.2) is 12.4 Å². The van der Waals surface area contributed by atoms with Gasteiger partial charge in [0.2, 0.25) is 0 Å². The molecule has 1 heterocycles. The van der Waals surface area contributed by atoms with E-state index in [2.05, 4.69) is 28.8 Å². The third kappa shape index (κ3) is 3.84. The van der Waals surface area contributed by atoms with E-state index in [0.29, 0.717) is 0 Å². The summed E-state index contributed by atoms with van der Waals surface area (Å²) in [7, 11) is 2.08. The first-order valence-electron chi connectivity index (χ1n) is 7.01. The lowest BCUT2D eigenvalue weighted by atomic mass is 10.0. The predicted molar refractivity (Wildman–Crippen MR) is 71.0 cm³/mol. The van der Waals surface area contributed by atoms with Crippen molar-refractivity contribution in [2.24, 2.45) is 13.0 Å². The molecule has 1 saturated carbocycles. The van der Waals surface area contributed by atoms with E-state index in [-0.39, 0.29) is 0 Å². The summed E-state index contributed by atoms with van der Waals surface area (Å²) >= 11 is 0. The summed E-state index contributed by atoms with van der Waals surface area (Å²) in [5, 5.41) is 3.70. The van der Waals surface area contributed by atoms with Crippen molar-refractivity contribution in [2.45, 2.75) is 51.5 Å². The minimum absolute atomic E-state index is 0.759. The third-order valence-electron chi connectivity index (χ3n) is 3.68. The number of rotatable bonds is 8. The molecule has 1 fully saturated rings. The first kappa shape index (κ1) is 12.6. The summed E-state index contributed by atoms with van der Waals surface area (Å²) in [6.45, 7) is 3.41. The second-order valence-corrected chi connectivity index (χ2v) is 5.24. The van der Waals surface area contributed by atoms with Crippen LogP contribution in [0.4, 0.5) is 0 Å². The van der Waals surface area contributed by atoms with Crippen LogP contribution in [0.25, 0.3) is 0 Å². The number of nitrogens with one attached hydrogen (secondary N) is 1. The molecule has 96 valence electrons. The normalized spacial score (nSPS) is 17.3. The molecule has 2 rings (SSSR count). The van der Waals surface area contributed by atoms with Gasteiger partial charge in [-0.25, -0.2) is 4.98 Å². The minimum atomic E-state index is 0.759. The number of aromatic nitrogens is 2. The maximum Gasteiger partial charge on any atom is 0.108 e. The topological polar surface area (TPSA) is 29.9 Å². The highest BCUT2D eigenvalue weighted by Crippen LogP contribution is 2.34. The largest absolute Gasteiger partial charge is 0.338 e. The van der Waals surface area contributed by atoms with Gasteiger partial charge in [-0.1, -0.05) is 6.92 Å². The number of hydrogen-bond donors (Lipinski definition) is 1. The Bertz CT molecular complexity index is 328. The first-order chi connectivity index (χ1) is 8.31. The van der Waals surface area contributed by atoms with Crippen molar-refractivity contribution in [2.75, 3.05) is 6.54 Å². The van der Waals surface area contributed by atoms with Crippen molar-refractivity contribution in [1.29, 1.82) is 0 Å². The number of nitrogens with zero attached hydrogens (tertiary/aromatic N) is 2. The summed E-state index contributed by atoms with van der Waals surface area (Å²) in [4.78, 5) is 4.38. The second-order valence-electron chi connectivity index (χ2n) is 5.24. The molecule has 1 aromatic heterocycles. The van der Waals surface area contributed by atoms with E-state index in [1.54, 1.807) is 0 Å². The average Bonchev–Trinajstić information content (AvgIpc) is 3.09. The van der Waals surface area contributed by atoms with Crippen molar-refractivity contribution in [1.82, 2.24) is 14.9 Å². The van der Waals surface area contributed by atoms with Gasteiger partial charge in [0.15, 0.2) is 0 Å². The van der Waals surface area contributed by atoms with Crippen LogP contribution in [0.3, 0.4) is 0 Å². The number of aryl methyl sites for hydroxylation is 2. The molecule has 1 aromatic rings. The molecule has 0 aliphatic heterocycles. The van der Waals surface area contributed by atoms with Crippen LogP contribution in [0.1, 0.15) is 44.9 Å². The van der Waals surface area contributed by atoms with Gasteiger partial charge >= 0.3 is 0 Å². The summed E-state index contributed by atoms with van der Waals surface area (Å²) in [5.74, 6) is 2.18. The summed E-state index contributed by atoms with van der Waals surface area (Å²) in [6.07, 6.45) is 11.7. The molecule has 1 atom stereocenters. The van der Waals surface area contributed by atoms with E-state index in [1.165, 1.54) is 44.5 Å². The molecule has 0 aromatic carbocycles. The fourth-order valence-corrected chi connectivity index (χ4v) is 2.45. The molecule has 3 heteroatoms. The van der Waals surface area contributed by atoms with E-state index in [9.17, 15) is 0 Å². The molecular weight excluding hydrogens is 210 g/mol. The second kappa shape index (κ2) is 6.20. The number of imidazole rings is 1. The van der Waals surface area contributed by atoms with Crippen molar-refractivity contribution in [3.8, 4) is 0 Å². The molecule has 3 nitrogen and oxygen atoms in total. The number of hydrogen-bond acceptors (Lipinski definition) is 2. The van der Waals surface area contributed by atoms with E-state index in [1.807, 2.05) is 12.4 Å². The van der Waals surface area contributed by atoms with Gasteiger partial charge in [0, 0.05) is 31.9 Å².